The monoisotopic (exact) mass is 539 g/mol. The van der Waals surface area contributed by atoms with Gasteiger partial charge in [0.05, 0.1) is 7.11 Å². The molecule has 2 aromatic carbocycles. The lowest BCUT2D eigenvalue weighted by molar-refractivity contribution is -0.144. The van der Waals surface area contributed by atoms with Crippen molar-refractivity contribution in [1.82, 2.24) is 15.5 Å². The van der Waals surface area contributed by atoms with Gasteiger partial charge in [-0.3, -0.25) is 14.4 Å². The Hall–Kier alpha value is -3.88. The van der Waals surface area contributed by atoms with Crippen LogP contribution in [0, 0.1) is 6.92 Å². The van der Waals surface area contributed by atoms with Crippen molar-refractivity contribution >= 4 is 23.9 Å². The number of nitrogens with zero attached hydrogens (tertiary/aromatic N) is 1. The van der Waals surface area contributed by atoms with E-state index in [1.54, 1.807) is 26.8 Å². The van der Waals surface area contributed by atoms with Gasteiger partial charge in [-0.2, -0.15) is 0 Å². The van der Waals surface area contributed by atoms with Crippen LogP contribution in [0.4, 0.5) is 4.79 Å². The van der Waals surface area contributed by atoms with Crippen LogP contribution < -0.4 is 10.6 Å². The van der Waals surface area contributed by atoms with E-state index in [4.69, 9.17) is 4.74 Å². The highest BCUT2D eigenvalue weighted by atomic mass is 16.6. The summed E-state index contributed by atoms with van der Waals surface area (Å²) in [5.74, 6) is -1.56. The van der Waals surface area contributed by atoms with Crippen LogP contribution in [0.5, 0.6) is 0 Å². The first kappa shape index (κ1) is 31.3. The van der Waals surface area contributed by atoms with Crippen LogP contribution in [-0.2, 0) is 30.3 Å². The number of alkyl carbamates (subject to hydrolysis) is 1. The molecule has 2 rings (SSSR count). The van der Waals surface area contributed by atoms with Crippen molar-refractivity contribution in [2.45, 2.75) is 71.6 Å². The predicted octanol–water partition coefficient (Wildman–Crippen LogP) is 4.09. The minimum absolute atomic E-state index is 0.200. The second kappa shape index (κ2) is 14.9. The number of carbonyl (C=O) groups is 4. The van der Waals surface area contributed by atoms with Gasteiger partial charge in [0.25, 0.3) is 0 Å². The average molecular weight is 540 g/mol. The number of hydrogen-bond acceptors (Lipinski definition) is 6. The second-order valence-corrected chi connectivity index (χ2v) is 10.4. The van der Waals surface area contributed by atoms with Crippen LogP contribution in [0.3, 0.4) is 0 Å². The van der Waals surface area contributed by atoms with Gasteiger partial charge in [0.1, 0.15) is 24.2 Å². The van der Waals surface area contributed by atoms with E-state index in [9.17, 15) is 19.2 Å². The van der Waals surface area contributed by atoms with Crippen LogP contribution in [0.1, 0.15) is 63.3 Å². The molecule has 2 N–H and O–H groups in total. The Morgan fingerprint density at radius 1 is 1.00 bits per heavy atom. The Bertz CT molecular complexity index is 1110. The molecule has 2 aromatic rings. The molecule has 0 spiro atoms. The minimum atomic E-state index is -1.03. The standard InChI is InChI=1S/C30H41N3O6/c1-7-8-17-33(26(23-16-12-13-21(2)18-23)27(35)31-20-25(34)38-6)28(36)24(19-22-14-10-9-11-15-22)32-29(37)39-30(3,4)5/h9-16,18,24,26H,7-8,17,19-20H2,1-6H3,(H,31,35)(H,32,37). The largest absolute Gasteiger partial charge is 0.468 e. The van der Waals surface area contributed by atoms with Gasteiger partial charge < -0.3 is 25.0 Å². The molecule has 0 heterocycles. The Balaban J connectivity index is 2.52. The molecular weight excluding hydrogens is 498 g/mol. The Morgan fingerprint density at radius 2 is 1.69 bits per heavy atom. The molecule has 212 valence electrons. The Labute approximate surface area is 231 Å². The van der Waals surface area contributed by atoms with Crippen LogP contribution in [-0.4, -0.2) is 60.6 Å². The zero-order valence-corrected chi connectivity index (χ0v) is 23.8. The predicted molar refractivity (Wildman–Crippen MR) is 149 cm³/mol. The first-order chi connectivity index (χ1) is 18.4. The molecule has 2 unspecified atom stereocenters. The second-order valence-electron chi connectivity index (χ2n) is 10.4. The molecule has 0 aromatic heterocycles. The topological polar surface area (TPSA) is 114 Å². The zero-order chi connectivity index (χ0) is 29.0. The third-order valence-corrected chi connectivity index (χ3v) is 5.86. The highest BCUT2D eigenvalue weighted by Gasteiger charge is 2.36. The van der Waals surface area contributed by atoms with E-state index in [-0.39, 0.29) is 19.5 Å². The number of benzene rings is 2. The summed E-state index contributed by atoms with van der Waals surface area (Å²) in [4.78, 5) is 53.8. The first-order valence-electron chi connectivity index (χ1n) is 13.2. The summed E-state index contributed by atoms with van der Waals surface area (Å²) in [5.41, 5.74) is 1.58. The molecule has 9 heteroatoms. The molecule has 0 aliphatic carbocycles. The average Bonchev–Trinajstić information content (AvgIpc) is 2.88. The lowest BCUT2D eigenvalue weighted by Gasteiger charge is -2.34. The molecule has 3 amide bonds. The van der Waals surface area contributed by atoms with Crippen LogP contribution >= 0.6 is 0 Å². The number of methoxy groups -OCH3 is 1. The Morgan fingerprint density at radius 3 is 2.28 bits per heavy atom. The van der Waals surface area contributed by atoms with E-state index >= 15 is 0 Å². The third-order valence-electron chi connectivity index (χ3n) is 5.86. The molecule has 9 nitrogen and oxygen atoms in total. The van der Waals surface area contributed by atoms with Gasteiger partial charge in [-0.1, -0.05) is 73.5 Å². The molecule has 39 heavy (non-hydrogen) atoms. The summed E-state index contributed by atoms with van der Waals surface area (Å²) in [7, 11) is 1.24. The van der Waals surface area contributed by atoms with Crippen molar-refractivity contribution in [3.05, 3.63) is 71.3 Å². The number of ether oxygens (including phenoxy) is 2. The third kappa shape index (κ3) is 10.4. The van der Waals surface area contributed by atoms with Gasteiger partial charge in [-0.05, 0) is 45.2 Å². The summed E-state index contributed by atoms with van der Waals surface area (Å²) in [6.45, 7) is 9.04. The van der Waals surface area contributed by atoms with Crippen molar-refractivity contribution in [3.8, 4) is 0 Å². The van der Waals surface area contributed by atoms with Gasteiger partial charge >= 0.3 is 12.1 Å². The van der Waals surface area contributed by atoms with Crippen molar-refractivity contribution in [1.29, 1.82) is 0 Å². The molecule has 0 fully saturated rings. The van der Waals surface area contributed by atoms with Gasteiger partial charge in [0.15, 0.2) is 0 Å². The van der Waals surface area contributed by atoms with Gasteiger partial charge in [-0.25, -0.2) is 4.79 Å². The smallest absolute Gasteiger partial charge is 0.408 e. The summed E-state index contributed by atoms with van der Waals surface area (Å²) < 4.78 is 10.1. The lowest BCUT2D eigenvalue weighted by atomic mass is 9.98. The van der Waals surface area contributed by atoms with E-state index in [1.165, 1.54) is 12.0 Å². The van der Waals surface area contributed by atoms with Crippen LogP contribution in [0.15, 0.2) is 54.6 Å². The maximum Gasteiger partial charge on any atom is 0.408 e. The summed E-state index contributed by atoms with van der Waals surface area (Å²) >= 11 is 0. The molecule has 0 aliphatic heterocycles. The maximum atomic E-state index is 14.2. The van der Waals surface area contributed by atoms with E-state index < -0.39 is 41.6 Å². The molecule has 0 aliphatic rings. The molecule has 0 radical (unpaired) electrons. The van der Waals surface area contributed by atoms with E-state index in [1.807, 2.05) is 62.4 Å². The maximum absolute atomic E-state index is 14.2. The van der Waals surface area contributed by atoms with Crippen LogP contribution in [0.25, 0.3) is 0 Å². The molecule has 2 atom stereocenters. The highest BCUT2D eigenvalue weighted by molar-refractivity contribution is 5.93. The fourth-order valence-electron chi connectivity index (χ4n) is 4.04. The van der Waals surface area contributed by atoms with E-state index in [0.717, 1.165) is 17.5 Å². The number of rotatable bonds is 12. The van der Waals surface area contributed by atoms with Crippen molar-refractivity contribution in [2.75, 3.05) is 20.2 Å². The van der Waals surface area contributed by atoms with Gasteiger partial charge in [0, 0.05) is 13.0 Å². The fraction of sp³-hybridized carbons (Fsp3) is 0.467. The number of hydrogen-bond donors (Lipinski definition) is 2. The summed E-state index contributed by atoms with van der Waals surface area (Å²) in [6, 6.07) is 14.6. The number of carbonyl (C=O) groups excluding carboxylic acids is 4. The lowest BCUT2D eigenvalue weighted by Crippen LogP contribution is -2.54. The number of unbranched alkanes of at least 4 members (excludes halogenated alkanes) is 1. The minimum Gasteiger partial charge on any atom is -0.468 e. The first-order valence-corrected chi connectivity index (χ1v) is 13.2. The molecule has 0 saturated carbocycles. The Kier molecular flexibility index (Phi) is 12.0. The van der Waals surface area contributed by atoms with Crippen molar-refractivity contribution in [3.63, 3.8) is 0 Å². The molecule has 0 bridgehead atoms. The quantitative estimate of drug-likeness (QED) is 0.393. The number of amides is 3. The van der Waals surface area contributed by atoms with Crippen molar-refractivity contribution in [2.24, 2.45) is 0 Å². The molecular formula is C30H41N3O6. The molecule has 0 saturated heterocycles. The number of esters is 1. The van der Waals surface area contributed by atoms with Crippen LogP contribution in [0.2, 0.25) is 0 Å². The zero-order valence-electron chi connectivity index (χ0n) is 23.8. The van der Waals surface area contributed by atoms with E-state index in [2.05, 4.69) is 15.4 Å². The number of aryl methyl sites for hydroxylation is 1. The SMILES string of the molecule is CCCCN(C(=O)C(Cc1ccccc1)NC(=O)OC(C)(C)C)C(C(=O)NCC(=O)OC)c1cccc(C)c1. The number of nitrogens with one attached hydrogen (secondary N) is 2. The highest BCUT2D eigenvalue weighted by Crippen LogP contribution is 2.25. The fourth-order valence-corrected chi connectivity index (χ4v) is 4.04. The van der Waals surface area contributed by atoms with Crippen molar-refractivity contribution < 1.29 is 28.7 Å². The summed E-state index contributed by atoms with van der Waals surface area (Å²) in [6.07, 6.45) is 0.875. The van der Waals surface area contributed by atoms with Gasteiger partial charge in [0.2, 0.25) is 11.8 Å². The van der Waals surface area contributed by atoms with Gasteiger partial charge in [-0.15, -0.1) is 0 Å². The summed E-state index contributed by atoms with van der Waals surface area (Å²) in [5, 5.41) is 5.34. The normalized spacial score (nSPS) is 12.6. The van der Waals surface area contributed by atoms with E-state index in [0.29, 0.717) is 12.0 Å².